The van der Waals surface area contributed by atoms with Crippen molar-refractivity contribution in [2.45, 2.75) is 32.2 Å². The highest BCUT2D eigenvalue weighted by Gasteiger charge is 2.22. The van der Waals surface area contributed by atoms with Gasteiger partial charge in [-0.15, -0.1) is 0 Å². The maximum atomic E-state index is 5.97. The molecule has 104 valence electrons. The fraction of sp³-hybridized carbons (Fsp3) is 0.294. The second kappa shape index (κ2) is 5.86. The first-order chi connectivity index (χ1) is 9.70. The molecule has 0 saturated carbocycles. The van der Waals surface area contributed by atoms with Crippen LogP contribution in [0.25, 0.3) is 0 Å². The van der Waals surface area contributed by atoms with E-state index >= 15 is 0 Å². The van der Waals surface area contributed by atoms with Crippen molar-refractivity contribution in [1.82, 2.24) is 0 Å². The van der Waals surface area contributed by atoms with Gasteiger partial charge in [0.15, 0.2) is 6.29 Å². The Labute approximate surface area is 124 Å². The summed E-state index contributed by atoms with van der Waals surface area (Å²) in [6.07, 6.45) is 1.62. The Hall–Kier alpha value is -1.51. The molecule has 2 unspecified atom stereocenters. The van der Waals surface area contributed by atoms with Crippen molar-refractivity contribution in [3.8, 4) is 5.75 Å². The smallest absolute Gasteiger partial charge is 0.197 e. The van der Waals surface area contributed by atoms with Gasteiger partial charge in [-0.3, -0.25) is 0 Å². The van der Waals surface area contributed by atoms with Gasteiger partial charge in [-0.05, 0) is 42.7 Å². The van der Waals surface area contributed by atoms with Crippen LogP contribution in [-0.2, 0) is 17.6 Å². The lowest BCUT2D eigenvalue weighted by molar-refractivity contribution is -0.0982. The minimum absolute atomic E-state index is 0.120. The van der Waals surface area contributed by atoms with Crippen LogP contribution in [0.3, 0.4) is 0 Å². The second-order valence-corrected chi connectivity index (χ2v) is 5.52. The van der Waals surface area contributed by atoms with Crippen LogP contribution >= 0.6 is 11.6 Å². The molecule has 2 nitrogen and oxygen atoms in total. The first-order valence-electron chi connectivity index (χ1n) is 6.85. The Morgan fingerprint density at radius 2 is 1.85 bits per heavy atom. The van der Waals surface area contributed by atoms with Gasteiger partial charge in [0.1, 0.15) is 5.75 Å². The molecule has 0 amide bonds. The molecular weight excluding hydrogens is 272 g/mol. The predicted octanol–water partition coefficient (Wildman–Crippen LogP) is 4.25. The zero-order chi connectivity index (χ0) is 13.9. The zero-order valence-electron chi connectivity index (χ0n) is 11.4. The summed E-state index contributed by atoms with van der Waals surface area (Å²) in [5, 5.41) is 0.762. The van der Waals surface area contributed by atoms with Crippen molar-refractivity contribution in [1.29, 1.82) is 0 Å². The molecule has 0 aromatic heterocycles. The average molecular weight is 289 g/mol. The van der Waals surface area contributed by atoms with Gasteiger partial charge in [0, 0.05) is 11.4 Å². The van der Waals surface area contributed by atoms with Gasteiger partial charge < -0.3 is 9.47 Å². The van der Waals surface area contributed by atoms with E-state index in [-0.39, 0.29) is 12.4 Å². The van der Waals surface area contributed by atoms with Crippen molar-refractivity contribution >= 4 is 11.6 Å². The summed E-state index contributed by atoms with van der Waals surface area (Å²) in [7, 11) is 0. The highest BCUT2D eigenvalue weighted by molar-refractivity contribution is 6.30. The molecule has 0 saturated heterocycles. The van der Waals surface area contributed by atoms with E-state index in [1.54, 1.807) is 0 Å². The van der Waals surface area contributed by atoms with E-state index in [1.165, 1.54) is 11.1 Å². The summed E-state index contributed by atoms with van der Waals surface area (Å²) in [5.74, 6) is 0.929. The molecule has 1 heterocycles. The quantitative estimate of drug-likeness (QED) is 0.822. The second-order valence-electron chi connectivity index (χ2n) is 5.09. The third kappa shape index (κ3) is 3.14. The zero-order valence-corrected chi connectivity index (χ0v) is 12.1. The molecule has 0 N–H and O–H groups in total. The number of para-hydroxylation sites is 1. The number of ether oxygens (including phenoxy) is 2. The maximum absolute atomic E-state index is 5.97. The van der Waals surface area contributed by atoms with E-state index in [9.17, 15) is 0 Å². The lowest BCUT2D eigenvalue weighted by Crippen LogP contribution is -2.24. The molecule has 0 bridgehead atoms. The molecule has 0 aliphatic carbocycles. The highest BCUT2D eigenvalue weighted by Crippen LogP contribution is 2.27. The lowest BCUT2D eigenvalue weighted by Gasteiger charge is -2.18. The maximum Gasteiger partial charge on any atom is 0.197 e. The summed E-state index contributed by atoms with van der Waals surface area (Å²) in [6.45, 7) is 1.94. The number of benzene rings is 2. The largest absolute Gasteiger partial charge is 0.465 e. The van der Waals surface area contributed by atoms with Crippen LogP contribution in [0.2, 0.25) is 5.02 Å². The Morgan fingerprint density at radius 3 is 2.65 bits per heavy atom. The molecule has 3 rings (SSSR count). The predicted molar refractivity (Wildman–Crippen MR) is 80.3 cm³/mol. The fourth-order valence-electron chi connectivity index (χ4n) is 2.56. The van der Waals surface area contributed by atoms with Crippen LogP contribution in [0.5, 0.6) is 5.75 Å². The van der Waals surface area contributed by atoms with Gasteiger partial charge in [-0.1, -0.05) is 41.9 Å². The summed E-state index contributed by atoms with van der Waals surface area (Å²) >= 11 is 5.92. The van der Waals surface area contributed by atoms with Crippen LogP contribution in [-0.4, -0.2) is 12.4 Å². The van der Waals surface area contributed by atoms with Crippen LogP contribution in [0.1, 0.15) is 18.1 Å². The third-order valence-corrected chi connectivity index (χ3v) is 3.73. The molecule has 0 fully saturated rings. The van der Waals surface area contributed by atoms with Crippen LogP contribution in [0.4, 0.5) is 0 Å². The Kier molecular flexibility index (Phi) is 3.95. The number of fused-ring (bicyclic) bond motifs is 1. The van der Waals surface area contributed by atoms with E-state index < -0.39 is 0 Å². The van der Waals surface area contributed by atoms with Crippen molar-refractivity contribution in [2.24, 2.45) is 0 Å². The lowest BCUT2D eigenvalue weighted by atomic mass is 10.0. The molecule has 3 heteroatoms. The van der Waals surface area contributed by atoms with Crippen molar-refractivity contribution in [3.63, 3.8) is 0 Å². The average Bonchev–Trinajstić information content (AvgIpc) is 2.58. The van der Waals surface area contributed by atoms with E-state index in [2.05, 4.69) is 6.07 Å². The van der Waals surface area contributed by atoms with Gasteiger partial charge in [-0.2, -0.15) is 0 Å². The molecule has 2 aromatic carbocycles. The molecule has 1 aliphatic rings. The normalized spacial score (nSPS) is 21.7. The summed E-state index contributed by atoms with van der Waals surface area (Å²) in [6, 6.07) is 16.1. The monoisotopic (exact) mass is 288 g/mol. The van der Waals surface area contributed by atoms with Crippen molar-refractivity contribution in [2.75, 3.05) is 0 Å². The van der Waals surface area contributed by atoms with Gasteiger partial charge in [0.05, 0.1) is 6.10 Å². The van der Waals surface area contributed by atoms with Crippen LogP contribution in [0.15, 0.2) is 48.5 Å². The molecular formula is C17H17ClO2. The number of rotatable bonds is 2. The van der Waals surface area contributed by atoms with E-state index in [1.807, 2.05) is 49.4 Å². The topological polar surface area (TPSA) is 18.5 Å². The molecule has 0 spiro atoms. The minimum atomic E-state index is -0.226. The Morgan fingerprint density at radius 1 is 1.10 bits per heavy atom. The fourth-order valence-corrected chi connectivity index (χ4v) is 2.69. The summed E-state index contributed by atoms with van der Waals surface area (Å²) in [5.41, 5.74) is 2.43. The van der Waals surface area contributed by atoms with E-state index in [0.29, 0.717) is 0 Å². The molecule has 2 atom stereocenters. The summed E-state index contributed by atoms with van der Waals surface area (Å²) in [4.78, 5) is 0. The highest BCUT2D eigenvalue weighted by atomic mass is 35.5. The molecule has 2 aromatic rings. The van der Waals surface area contributed by atoms with Gasteiger partial charge >= 0.3 is 0 Å². The Balaban J connectivity index is 1.78. The molecule has 1 aliphatic heterocycles. The van der Waals surface area contributed by atoms with Gasteiger partial charge in [-0.25, -0.2) is 0 Å². The minimum Gasteiger partial charge on any atom is -0.465 e. The number of halogens is 1. The van der Waals surface area contributed by atoms with E-state index in [0.717, 1.165) is 23.6 Å². The first kappa shape index (κ1) is 13.5. The third-order valence-electron chi connectivity index (χ3n) is 3.47. The number of hydrogen-bond acceptors (Lipinski definition) is 2. The summed E-state index contributed by atoms with van der Waals surface area (Å²) < 4.78 is 11.8. The standard InChI is InChI=1S/C17H17ClO2/c1-12-19-16(10-13-6-8-15(18)9-7-13)11-14-4-2-3-5-17(14)20-12/h2-9,12,16H,10-11H2,1H3. The van der Waals surface area contributed by atoms with Gasteiger partial charge in [0.2, 0.25) is 0 Å². The van der Waals surface area contributed by atoms with Crippen LogP contribution in [0, 0.1) is 0 Å². The van der Waals surface area contributed by atoms with Crippen molar-refractivity contribution < 1.29 is 9.47 Å². The molecule has 20 heavy (non-hydrogen) atoms. The van der Waals surface area contributed by atoms with Crippen LogP contribution < -0.4 is 4.74 Å². The number of hydrogen-bond donors (Lipinski definition) is 0. The van der Waals surface area contributed by atoms with Gasteiger partial charge in [0.25, 0.3) is 0 Å². The van der Waals surface area contributed by atoms with E-state index in [4.69, 9.17) is 21.1 Å². The van der Waals surface area contributed by atoms with Crippen molar-refractivity contribution in [3.05, 3.63) is 64.7 Å². The first-order valence-corrected chi connectivity index (χ1v) is 7.23. The SMILES string of the molecule is CC1Oc2ccccc2CC(Cc2ccc(Cl)cc2)O1. The molecule has 0 radical (unpaired) electrons. The Bertz CT molecular complexity index is 580.